The first-order valence-electron chi connectivity index (χ1n) is 9.33. The summed E-state index contributed by atoms with van der Waals surface area (Å²) in [5.41, 5.74) is 1.64. The lowest BCUT2D eigenvalue weighted by Gasteiger charge is -2.09. The highest BCUT2D eigenvalue weighted by molar-refractivity contribution is 7.99. The molecule has 1 aromatic heterocycles. The smallest absolute Gasteiger partial charge is 0.339 e. The van der Waals surface area contributed by atoms with Gasteiger partial charge in [-0.1, -0.05) is 60.6 Å². The van der Waals surface area contributed by atoms with E-state index in [9.17, 15) is 9.59 Å². The zero-order chi connectivity index (χ0) is 21.5. The number of ether oxygens (including phenoxy) is 1. The summed E-state index contributed by atoms with van der Waals surface area (Å²) in [6.45, 7) is 2.22. The average molecular weight is 445 g/mol. The maximum absolute atomic E-state index is 12.4. The van der Waals surface area contributed by atoms with Gasteiger partial charge in [0.15, 0.2) is 11.0 Å². The van der Waals surface area contributed by atoms with Crippen molar-refractivity contribution in [3.8, 4) is 11.4 Å². The van der Waals surface area contributed by atoms with Gasteiger partial charge in [0, 0.05) is 18.3 Å². The molecule has 7 nitrogen and oxygen atoms in total. The van der Waals surface area contributed by atoms with Crippen molar-refractivity contribution in [3.63, 3.8) is 0 Å². The molecule has 0 saturated carbocycles. The quantitative estimate of drug-likeness (QED) is 0.408. The van der Waals surface area contributed by atoms with Gasteiger partial charge in [0.05, 0.1) is 22.9 Å². The van der Waals surface area contributed by atoms with Crippen LogP contribution in [0.4, 0.5) is 5.69 Å². The number of anilines is 1. The fourth-order valence-corrected chi connectivity index (χ4v) is 3.54. The number of amides is 1. The number of carbonyl (C=O) groups excluding carboxylic acids is 2. The Labute approximate surface area is 183 Å². The first kappa shape index (κ1) is 21.9. The van der Waals surface area contributed by atoms with Crippen molar-refractivity contribution in [1.82, 2.24) is 14.8 Å². The van der Waals surface area contributed by atoms with E-state index in [4.69, 9.17) is 16.3 Å². The van der Waals surface area contributed by atoms with Gasteiger partial charge in [-0.25, -0.2) is 4.79 Å². The normalized spacial score (nSPS) is 10.6. The molecule has 0 atom stereocenters. The molecule has 0 fully saturated rings. The Morgan fingerprint density at radius 3 is 2.67 bits per heavy atom. The van der Waals surface area contributed by atoms with Crippen molar-refractivity contribution < 1.29 is 14.3 Å². The maximum atomic E-state index is 12.4. The van der Waals surface area contributed by atoms with Crippen LogP contribution in [0.25, 0.3) is 11.4 Å². The van der Waals surface area contributed by atoms with Gasteiger partial charge in [-0.3, -0.25) is 4.79 Å². The molecule has 0 aliphatic carbocycles. The molecular formula is C21H21ClN4O3S. The Bertz CT molecular complexity index is 1040. The molecule has 0 unspecified atom stereocenters. The molecule has 1 N–H and O–H groups in total. The van der Waals surface area contributed by atoms with Gasteiger partial charge in [-0.05, 0) is 24.6 Å². The summed E-state index contributed by atoms with van der Waals surface area (Å²) < 4.78 is 6.96. The van der Waals surface area contributed by atoms with E-state index in [1.807, 2.05) is 48.9 Å². The number of thioether (sulfide) groups is 1. The predicted octanol–water partition coefficient (Wildman–Crippen LogP) is 4.43. The SMILES string of the molecule is CCCOC(=O)c1cc(NC(=O)CSc2nnc(-c3ccccc3)n2C)ccc1Cl. The Morgan fingerprint density at radius 1 is 1.17 bits per heavy atom. The van der Waals surface area contributed by atoms with Gasteiger partial charge < -0.3 is 14.6 Å². The van der Waals surface area contributed by atoms with E-state index in [1.54, 1.807) is 12.1 Å². The van der Waals surface area contributed by atoms with E-state index in [2.05, 4.69) is 15.5 Å². The van der Waals surface area contributed by atoms with Gasteiger partial charge in [-0.2, -0.15) is 0 Å². The van der Waals surface area contributed by atoms with Gasteiger partial charge >= 0.3 is 5.97 Å². The molecule has 1 heterocycles. The van der Waals surface area contributed by atoms with E-state index in [-0.39, 0.29) is 22.2 Å². The minimum absolute atomic E-state index is 0.138. The monoisotopic (exact) mass is 444 g/mol. The first-order valence-corrected chi connectivity index (χ1v) is 10.7. The van der Waals surface area contributed by atoms with Crippen LogP contribution in [-0.4, -0.2) is 39.0 Å². The zero-order valence-corrected chi connectivity index (χ0v) is 18.2. The van der Waals surface area contributed by atoms with E-state index in [0.717, 1.165) is 11.4 Å². The van der Waals surface area contributed by atoms with Crippen LogP contribution in [0.5, 0.6) is 0 Å². The van der Waals surface area contributed by atoms with Crippen LogP contribution in [-0.2, 0) is 16.6 Å². The second kappa shape index (κ2) is 10.3. The molecule has 0 spiro atoms. The van der Waals surface area contributed by atoms with Gasteiger partial charge in [0.2, 0.25) is 5.91 Å². The standard InChI is InChI=1S/C21H21ClN4O3S/c1-3-11-29-20(28)16-12-15(9-10-17(16)22)23-18(27)13-30-21-25-24-19(26(21)2)14-7-5-4-6-8-14/h4-10,12H,3,11,13H2,1-2H3,(H,23,27). The van der Waals surface area contributed by atoms with Crippen LogP contribution in [0.2, 0.25) is 5.02 Å². The molecule has 0 aliphatic heterocycles. The highest BCUT2D eigenvalue weighted by Crippen LogP contribution is 2.24. The Balaban J connectivity index is 1.62. The number of nitrogens with one attached hydrogen (secondary N) is 1. The predicted molar refractivity (Wildman–Crippen MR) is 118 cm³/mol. The van der Waals surface area contributed by atoms with Crippen molar-refractivity contribution in [3.05, 3.63) is 59.1 Å². The number of nitrogens with zero attached hydrogens (tertiary/aromatic N) is 3. The first-order chi connectivity index (χ1) is 14.5. The number of carbonyl (C=O) groups is 2. The van der Waals surface area contributed by atoms with E-state index in [1.165, 1.54) is 17.8 Å². The number of aromatic nitrogens is 3. The van der Waals surface area contributed by atoms with E-state index in [0.29, 0.717) is 23.9 Å². The third-order valence-electron chi connectivity index (χ3n) is 4.11. The highest BCUT2D eigenvalue weighted by Gasteiger charge is 2.15. The van der Waals surface area contributed by atoms with Crippen LogP contribution in [0.3, 0.4) is 0 Å². The Morgan fingerprint density at radius 2 is 1.93 bits per heavy atom. The number of hydrogen-bond donors (Lipinski definition) is 1. The summed E-state index contributed by atoms with van der Waals surface area (Å²) in [5.74, 6) is 0.115. The fraction of sp³-hybridized carbons (Fsp3) is 0.238. The molecular weight excluding hydrogens is 424 g/mol. The molecule has 0 bridgehead atoms. The van der Waals surface area contributed by atoms with Crippen molar-refractivity contribution in [2.45, 2.75) is 18.5 Å². The topological polar surface area (TPSA) is 86.1 Å². The van der Waals surface area contributed by atoms with Crippen molar-refractivity contribution in [2.75, 3.05) is 17.7 Å². The minimum Gasteiger partial charge on any atom is -0.462 e. The summed E-state index contributed by atoms with van der Waals surface area (Å²) in [4.78, 5) is 24.5. The summed E-state index contributed by atoms with van der Waals surface area (Å²) in [6.07, 6.45) is 0.713. The van der Waals surface area contributed by atoms with Gasteiger partial charge in [0.25, 0.3) is 0 Å². The lowest BCUT2D eigenvalue weighted by atomic mass is 10.2. The molecule has 0 aliphatic rings. The lowest BCUT2D eigenvalue weighted by molar-refractivity contribution is -0.113. The molecule has 3 aromatic rings. The fourth-order valence-electron chi connectivity index (χ4n) is 2.64. The second-order valence-corrected chi connectivity index (χ2v) is 7.75. The minimum atomic E-state index is -0.514. The number of esters is 1. The van der Waals surface area contributed by atoms with Crippen LogP contribution < -0.4 is 5.32 Å². The molecule has 1 amide bonds. The number of rotatable bonds is 8. The van der Waals surface area contributed by atoms with Gasteiger partial charge in [-0.15, -0.1) is 10.2 Å². The van der Waals surface area contributed by atoms with Crippen molar-refractivity contribution in [2.24, 2.45) is 7.05 Å². The van der Waals surface area contributed by atoms with Crippen LogP contribution in [0, 0.1) is 0 Å². The molecule has 0 saturated heterocycles. The molecule has 2 aromatic carbocycles. The third kappa shape index (κ3) is 5.40. The maximum Gasteiger partial charge on any atom is 0.339 e. The summed E-state index contributed by atoms with van der Waals surface area (Å²) in [7, 11) is 1.86. The molecule has 30 heavy (non-hydrogen) atoms. The lowest BCUT2D eigenvalue weighted by Crippen LogP contribution is -2.15. The zero-order valence-electron chi connectivity index (χ0n) is 16.6. The van der Waals surface area contributed by atoms with E-state index < -0.39 is 5.97 Å². The molecule has 9 heteroatoms. The van der Waals surface area contributed by atoms with Gasteiger partial charge in [0.1, 0.15) is 0 Å². The van der Waals surface area contributed by atoms with E-state index >= 15 is 0 Å². The van der Waals surface area contributed by atoms with Crippen LogP contribution in [0.1, 0.15) is 23.7 Å². The Kier molecular flexibility index (Phi) is 7.48. The third-order valence-corrected chi connectivity index (χ3v) is 5.46. The number of halogens is 1. The largest absolute Gasteiger partial charge is 0.462 e. The van der Waals surface area contributed by atoms with Crippen molar-refractivity contribution in [1.29, 1.82) is 0 Å². The van der Waals surface area contributed by atoms with Crippen LogP contribution >= 0.6 is 23.4 Å². The molecule has 0 radical (unpaired) electrons. The van der Waals surface area contributed by atoms with Crippen molar-refractivity contribution >= 4 is 40.9 Å². The average Bonchev–Trinajstić information content (AvgIpc) is 3.12. The second-order valence-electron chi connectivity index (χ2n) is 6.40. The summed E-state index contributed by atoms with van der Waals surface area (Å²) in [6, 6.07) is 14.4. The highest BCUT2D eigenvalue weighted by atomic mass is 35.5. The summed E-state index contributed by atoms with van der Waals surface area (Å²) in [5, 5.41) is 12.0. The molecule has 156 valence electrons. The molecule has 3 rings (SSSR count). The number of hydrogen-bond acceptors (Lipinski definition) is 6. The Hall–Kier alpha value is -2.84. The van der Waals surface area contributed by atoms with Crippen LogP contribution in [0.15, 0.2) is 53.7 Å². The number of benzene rings is 2. The summed E-state index contributed by atoms with van der Waals surface area (Å²) >= 11 is 7.36.